The van der Waals surface area contributed by atoms with Gasteiger partial charge in [-0.05, 0) is 18.2 Å². The molecular formula is C17H13N3O. The van der Waals surface area contributed by atoms with Crippen LogP contribution >= 0.6 is 0 Å². The van der Waals surface area contributed by atoms with Crippen molar-refractivity contribution in [3.05, 3.63) is 65.1 Å². The molecule has 2 heterocycles. The number of aryl methyl sites for hydroxylation is 1. The molecule has 0 aliphatic rings. The molecule has 0 bridgehead atoms. The van der Waals surface area contributed by atoms with E-state index in [0.29, 0.717) is 5.69 Å². The Hall–Kier alpha value is -2.88. The summed E-state index contributed by atoms with van der Waals surface area (Å²) in [6.45, 7) is 0. The van der Waals surface area contributed by atoms with Gasteiger partial charge in [0.2, 0.25) is 0 Å². The number of rotatable bonds is 1. The highest BCUT2D eigenvalue weighted by Crippen LogP contribution is 2.26. The number of aromatic nitrogens is 3. The van der Waals surface area contributed by atoms with Crippen molar-refractivity contribution in [1.82, 2.24) is 14.5 Å². The van der Waals surface area contributed by atoms with Crippen molar-refractivity contribution >= 4 is 21.9 Å². The van der Waals surface area contributed by atoms with Crippen molar-refractivity contribution in [2.75, 3.05) is 0 Å². The second kappa shape index (κ2) is 4.31. The van der Waals surface area contributed by atoms with E-state index in [9.17, 15) is 4.79 Å². The van der Waals surface area contributed by atoms with Crippen molar-refractivity contribution in [1.29, 1.82) is 0 Å². The van der Waals surface area contributed by atoms with Gasteiger partial charge in [-0.15, -0.1) is 0 Å². The number of benzene rings is 2. The molecule has 4 rings (SSSR count). The molecule has 0 radical (unpaired) electrons. The second-order valence-corrected chi connectivity index (χ2v) is 5.06. The Kier molecular flexibility index (Phi) is 2.44. The van der Waals surface area contributed by atoms with Gasteiger partial charge in [-0.25, -0.2) is 4.98 Å². The molecule has 0 fully saturated rings. The van der Waals surface area contributed by atoms with Gasteiger partial charge in [0.25, 0.3) is 5.56 Å². The van der Waals surface area contributed by atoms with Crippen LogP contribution in [-0.4, -0.2) is 14.5 Å². The first kappa shape index (κ1) is 11.9. The number of H-pyrrole nitrogens is 1. The number of aromatic amines is 1. The lowest BCUT2D eigenvalue weighted by atomic mass is 10.1. The Labute approximate surface area is 120 Å². The van der Waals surface area contributed by atoms with E-state index in [2.05, 4.69) is 9.97 Å². The van der Waals surface area contributed by atoms with E-state index in [1.54, 1.807) is 11.6 Å². The van der Waals surface area contributed by atoms with E-state index >= 15 is 0 Å². The fraction of sp³-hybridized carbons (Fsp3) is 0.0588. The zero-order valence-corrected chi connectivity index (χ0v) is 11.5. The first-order valence-corrected chi connectivity index (χ1v) is 6.78. The normalized spacial score (nSPS) is 11.3. The van der Waals surface area contributed by atoms with E-state index in [4.69, 9.17) is 0 Å². The van der Waals surface area contributed by atoms with Crippen molar-refractivity contribution in [3.8, 4) is 11.3 Å². The second-order valence-electron chi connectivity index (χ2n) is 5.06. The van der Waals surface area contributed by atoms with Gasteiger partial charge < -0.3 is 9.55 Å². The summed E-state index contributed by atoms with van der Waals surface area (Å²) in [6.07, 6.45) is 1.85. The molecule has 0 saturated heterocycles. The Balaban J connectivity index is 2.11. The summed E-state index contributed by atoms with van der Waals surface area (Å²) in [6, 6.07) is 15.6. The SMILES string of the molecule is Cn1c(=O)c(-c2c[nH]c3ccccc23)nc2ccccc21. The van der Waals surface area contributed by atoms with Crippen LogP contribution in [0.15, 0.2) is 59.5 Å². The molecule has 0 unspecified atom stereocenters. The average molecular weight is 275 g/mol. The number of hydrogen-bond acceptors (Lipinski definition) is 2. The van der Waals surface area contributed by atoms with E-state index in [-0.39, 0.29) is 5.56 Å². The lowest BCUT2D eigenvalue weighted by Gasteiger charge is -2.07. The molecule has 0 aliphatic carbocycles. The minimum absolute atomic E-state index is 0.0848. The topological polar surface area (TPSA) is 50.7 Å². The van der Waals surface area contributed by atoms with Gasteiger partial charge in [0.1, 0.15) is 5.69 Å². The first-order valence-electron chi connectivity index (χ1n) is 6.78. The lowest BCUT2D eigenvalue weighted by Crippen LogP contribution is -2.20. The third-order valence-corrected chi connectivity index (χ3v) is 3.83. The van der Waals surface area contributed by atoms with Crippen LogP contribution in [0.2, 0.25) is 0 Å². The number of fused-ring (bicyclic) bond motifs is 2. The van der Waals surface area contributed by atoms with Crippen LogP contribution in [0.1, 0.15) is 0 Å². The van der Waals surface area contributed by atoms with Crippen molar-refractivity contribution in [2.45, 2.75) is 0 Å². The summed E-state index contributed by atoms with van der Waals surface area (Å²) in [4.78, 5) is 20.4. The molecule has 4 aromatic rings. The van der Waals surface area contributed by atoms with E-state index in [0.717, 1.165) is 27.5 Å². The standard InChI is InChI=1S/C17H13N3O/c1-20-15-9-5-4-8-14(15)19-16(17(20)21)12-10-18-13-7-3-2-6-11(12)13/h2-10,18H,1H3. The van der Waals surface area contributed by atoms with Gasteiger partial charge in [-0.3, -0.25) is 4.79 Å². The van der Waals surface area contributed by atoms with Gasteiger partial charge in [-0.2, -0.15) is 0 Å². The van der Waals surface area contributed by atoms with Gasteiger partial charge in [-0.1, -0.05) is 30.3 Å². The Morgan fingerprint density at radius 3 is 2.71 bits per heavy atom. The fourth-order valence-electron chi connectivity index (χ4n) is 2.72. The smallest absolute Gasteiger partial charge is 0.277 e. The Bertz CT molecular complexity index is 1030. The lowest BCUT2D eigenvalue weighted by molar-refractivity contribution is 0.896. The van der Waals surface area contributed by atoms with Gasteiger partial charge in [0.05, 0.1) is 11.0 Å². The van der Waals surface area contributed by atoms with E-state index < -0.39 is 0 Å². The molecule has 2 aromatic heterocycles. The quantitative estimate of drug-likeness (QED) is 0.580. The summed E-state index contributed by atoms with van der Waals surface area (Å²) in [7, 11) is 1.78. The van der Waals surface area contributed by atoms with Crippen molar-refractivity contribution in [3.63, 3.8) is 0 Å². The zero-order chi connectivity index (χ0) is 14.4. The van der Waals surface area contributed by atoms with Gasteiger partial charge in [0, 0.05) is 29.7 Å². The number of para-hydroxylation sites is 3. The predicted octanol–water partition coefficient (Wildman–Crippen LogP) is 3.08. The van der Waals surface area contributed by atoms with Gasteiger partial charge in [0.15, 0.2) is 0 Å². The molecular weight excluding hydrogens is 262 g/mol. The maximum atomic E-state index is 12.6. The number of nitrogens with one attached hydrogen (secondary N) is 1. The Morgan fingerprint density at radius 1 is 1.05 bits per heavy atom. The summed E-state index contributed by atoms with van der Waals surface area (Å²) < 4.78 is 1.65. The summed E-state index contributed by atoms with van der Waals surface area (Å²) in [5, 5.41) is 1.01. The minimum Gasteiger partial charge on any atom is -0.360 e. The number of hydrogen-bond donors (Lipinski definition) is 1. The largest absolute Gasteiger partial charge is 0.360 e. The first-order chi connectivity index (χ1) is 10.3. The van der Waals surface area contributed by atoms with E-state index in [1.165, 1.54) is 0 Å². The van der Waals surface area contributed by atoms with Crippen molar-refractivity contribution < 1.29 is 0 Å². The monoisotopic (exact) mass is 275 g/mol. The van der Waals surface area contributed by atoms with Crippen molar-refractivity contribution in [2.24, 2.45) is 7.05 Å². The van der Waals surface area contributed by atoms with Crippen LogP contribution in [0, 0.1) is 0 Å². The zero-order valence-electron chi connectivity index (χ0n) is 11.5. The minimum atomic E-state index is -0.0848. The summed E-state index contributed by atoms with van der Waals surface area (Å²) >= 11 is 0. The molecule has 0 atom stereocenters. The molecule has 0 saturated carbocycles. The predicted molar refractivity (Wildman–Crippen MR) is 84.3 cm³/mol. The molecule has 0 spiro atoms. The Morgan fingerprint density at radius 2 is 1.81 bits per heavy atom. The highest BCUT2D eigenvalue weighted by Gasteiger charge is 2.13. The molecule has 102 valence electrons. The summed E-state index contributed by atoms with van der Waals surface area (Å²) in [5.41, 5.74) is 3.90. The maximum Gasteiger partial charge on any atom is 0.277 e. The molecule has 4 heteroatoms. The van der Waals surface area contributed by atoms with Gasteiger partial charge >= 0.3 is 0 Å². The highest BCUT2D eigenvalue weighted by atomic mass is 16.1. The molecule has 4 nitrogen and oxygen atoms in total. The molecule has 21 heavy (non-hydrogen) atoms. The van der Waals surface area contributed by atoms with Crippen LogP contribution in [0.3, 0.4) is 0 Å². The third-order valence-electron chi connectivity index (χ3n) is 3.83. The average Bonchev–Trinajstić information content (AvgIpc) is 2.95. The maximum absolute atomic E-state index is 12.6. The number of nitrogens with zero attached hydrogens (tertiary/aromatic N) is 2. The fourth-order valence-corrected chi connectivity index (χ4v) is 2.72. The highest BCUT2D eigenvalue weighted by molar-refractivity contribution is 5.95. The molecule has 2 aromatic carbocycles. The third kappa shape index (κ3) is 1.69. The van der Waals surface area contributed by atoms with Crippen LogP contribution in [-0.2, 0) is 7.05 Å². The van der Waals surface area contributed by atoms with Crippen LogP contribution in [0.25, 0.3) is 33.2 Å². The van der Waals surface area contributed by atoms with E-state index in [1.807, 2.05) is 54.7 Å². The van der Waals surface area contributed by atoms with Crippen LogP contribution in [0.5, 0.6) is 0 Å². The summed E-state index contributed by atoms with van der Waals surface area (Å²) in [5.74, 6) is 0. The molecule has 0 amide bonds. The van der Waals surface area contributed by atoms with Crippen LogP contribution < -0.4 is 5.56 Å². The molecule has 0 aliphatic heterocycles. The molecule has 1 N–H and O–H groups in total. The van der Waals surface area contributed by atoms with Crippen LogP contribution in [0.4, 0.5) is 0 Å².